The number of Topliss-reactive ketones (excluding diaryl/α,β-unsaturated/α-hetero) is 1. The summed E-state index contributed by atoms with van der Waals surface area (Å²) in [6.07, 6.45) is 6.65. The Labute approximate surface area is 182 Å². The molecule has 0 spiro atoms. The number of hydrogen-bond acceptors (Lipinski definition) is 7. The first kappa shape index (κ1) is 20.3. The Kier molecular flexibility index (Phi) is 5.54. The van der Waals surface area contributed by atoms with Crippen LogP contribution >= 0.6 is 0 Å². The van der Waals surface area contributed by atoms with Gasteiger partial charge in [0.25, 0.3) is 0 Å². The van der Waals surface area contributed by atoms with Crippen molar-refractivity contribution < 1.29 is 9.59 Å². The van der Waals surface area contributed by atoms with Crippen LogP contribution in [0.1, 0.15) is 47.9 Å². The van der Waals surface area contributed by atoms with E-state index in [1.165, 1.54) is 26.2 Å². The van der Waals surface area contributed by atoms with Gasteiger partial charge < -0.3 is 4.90 Å². The number of rotatable bonds is 5. The highest BCUT2D eigenvalue weighted by Gasteiger charge is 2.30. The lowest BCUT2D eigenvalue weighted by Gasteiger charge is -2.43. The lowest BCUT2D eigenvalue weighted by molar-refractivity contribution is -0.135. The highest BCUT2D eigenvalue weighted by atomic mass is 16.2. The van der Waals surface area contributed by atoms with Crippen molar-refractivity contribution in [3.63, 3.8) is 0 Å². The molecular formula is C22H29N7O2. The van der Waals surface area contributed by atoms with Crippen molar-refractivity contribution in [2.24, 2.45) is 0 Å². The van der Waals surface area contributed by atoms with Crippen molar-refractivity contribution in [2.45, 2.75) is 45.2 Å². The highest BCUT2D eigenvalue weighted by Crippen LogP contribution is 2.26. The molecule has 9 heteroatoms. The molecule has 2 aromatic rings. The molecule has 5 rings (SSSR count). The fraction of sp³-hybridized carbons (Fsp3) is 0.591. The van der Waals surface area contributed by atoms with Crippen molar-refractivity contribution in [1.82, 2.24) is 34.7 Å². The number of amides is 1. The Morgan fingerprint density at radius 3 is 2.52 bits per heavy atom. The summed E-state index contributed by atoms with van der Waals surface area (Å²) in [7, 11) is 0. The number of ketones is 1. The van der Waals surface area contributed by atoms with Crippen molar-refractivity contribution in [1.29, 1.82) is 0 Å². The third kappa shape index (κ3) is 4.12. The van der Waals surface area contributed by atoms with Gasteiger partial charge in [0, 0.05) is 64.2 Å². The van der Waals surface area contributed by atoms with Crippen molar-refractivity contribution >= 4 is 11.7 Å². The van der Waals surface area contributed by atoms with Crippen LogP contribution in [0.3, 0.4) is 0 Å². The second-order valence-electron chi connectivity index (χ2n) is 8.82. The molecule has 0 bridgehead atoms. The maximum atomic E-state index is 12.9. The summed E-state index contributed by atoms with van der Waals surface area (Å²) >= 11 is 0. The summed E-state index contributed by atoms with van der Waals surface area (Å²) in [4.78, 5) is 31.1. The van der Waals surface area contributed by atoms with Gasteiger partial charge in [-0.2, -0.15) is 5.10 Å². The van der Waals surface area contributed by atoms with Gasteiger partial charge in [-0.3, -0.25) is 19.4 Å². The number of fused-ring (bicyclic) bond motifs is 1. The lowest BCUT2D eigenvalue weighted by atomic mass is 9.91. The van der Waals surface area contributed by atoms with E-state index < -0.39 is 0 Å². The third-order valence-electron chi connectivity index (χ3n) is 6.86. The SMILES string of the molecule is CC(=O)c1ccc(-n2ncc3c2CCN(CC(=O)N2CCN(C4CCC4)CC2)C3)nn1. The molecule has 1 saturated carbocycles. The maximum Gasteiger partial charge on any atom is 0.236 e. The Morgan fingerprint density at radius 2 is 1.87 bits per heavy atom. The van der Waals surface area contributed by atoms with Gasteiger partial charge in [-0.25, -0.2) is 4.68 Å². The van der Waals surface area contributed by atoms with Crippen LogP contribution in [-0.4, -0.2) is 91.7 Å². The molecule has 2 aliphatic heterocycles. The molecule has 31 heavy (non-hydrogen) atoms. The molecule has 1 amide bonds. The smallest absolute Gasteiger partial charge is 0.236 e. The van der Waals surface area contributed by atoms with Crippen LogP contribution in [0.2, 0.25) is 0 Å². The molecule has 0 aromatic carbocycles. The summed E-state index contributed by atoms with van der Waals surface area (Å²) in [5.74, 6) is 0.737. The Hall–Kier alpha value is -2.65. The zero-order chi connectivity index (χ0) is 21.4. The Balaban J connectivity index is 1.18. The number of piperazine rings is 1. The topological polar surface area (TPSA) is 87.5 Å². The molecule has 0 radical (unpaired) electrons. The normalized spacial score (nSPS) is 20.4. The van der Waals surface area contributed by atoms with E-state index >= 15 is 0 Å². The minimum atomic E-state index is -0.105. The van der Waals surface area contributed by atoms with Crippen LogP contribution in [0.5, 0.6) is 0 Å². The number of carbonyl (C=O) groups excluding carboxylic acids is 2. The van der Waals surface area contributed by atoms with E-state index in [0.717, 1.165) is 56.4 Å². The molecule has 1 aliphatic carbocycles. The van der Waals surface area contributed by atoms with Crippen LogP contribution in [0, 0.1) is 0 Å². The van der Waals surface area contributed by atoms with Gasteiger partial charge in [0.05, 0.1) is 18.4 Å². The lowest BCUT2D eigenvalue weighted by Crippen LogP contribution is -2.55. The van der Waals surface area contributed by atoms with E-state index in [4.69, 9.17) is 0 Å². The van der Waals surface area contributed by atoms with E-state index in [1.54, 1.807) is 16.8 Å². The average Bonchev–Trinajstić information content (AvgIpc) is 3.16. The third-order valence-corrected chi connectivity index (χ3v) is 6.86. The summed E-state index contributed by atoms with van der Waals surface area (Å²) in [6, 6.07) is 4.21. The van der Waals surface area contributed by atoms with Gasteiger partial charge in [-0.05, 0) is 25.0 Å². The van der Waals surface area contributed by atoms with Gasteiger partial charge in [0.15, 0.2) is 11.6 Å². The van der Waals surface area contributed by atoms with Gasteiger partial charge in [-0.15, -0.1) is 10.2 Å². The van der Waals surface area contributed by atoms with Crippen LogP contribution in [0.15, 0.2) is 18.3 Å². The van der Waals surface area contributed by atoms with Crippen LogP contribution < -0.4 is 0 Å². The van der Waals surface area contributed by atoms with Crippen molar-refractivity contribution in [2.75, 3.05) is 39.3 Å². The van der Waals surface area contributed by atoms with E-state index in [2.05, 4.69) is 25.1 Å². The molecule has 0 N–H and O–H groups in total. The molecule has 3 aliphatic rings. The monoisotopic (exact) mass is 423 g/mol. The van der Waals surface area contributed by atoms with Crippen LogP contribution in [0.4, 0.5) is 0 Å². The predicted octanol–water partition coefficient (Wildman–Crippen LogP) is 0.920. The molecule has 2 aromatic heterocycles. The number of carbonyl (C=O) groups is 2. The molecule has 9 nitrogen and oxygen atoms in total. The van der Waals surface area contributed by atoms with Gasteiger partial charge in [0.1, 0.15) is 5.69 Å². The number of aromatic nitrogens is 4. The standard InChI is InChI=1S/C22H29N7O2/c1-16(30)19-5-6-21(25-24-19)29-20-7-8-26(14-17(20)13-23-29)15-22(31)28-11-9-27(10-12-28)18-3-2-4-18/h5-6,13,18H,2-4,7-12,14-15H2,1H3. The zero-order valence-electron chi connectivity index (χ0n) is 18.0. The highest BCUT2D eigenvalue weighted by molar-refractivity contribution is 5.91. The first-order valence-electron chi connectivity index (χ1n) is 11.2. The van der Waals surface area contributed by atoms with Crippen LogP contribution in [-0.2, 0) is 17.8 Å². The predicted molar refractivity (Wildman–Crippen MR) is 114 cm³/mol. The van der Waals surface area contributed by atoms with E-state index in [0.29, 0.717) is 24.6 Å². The summed E-state index contributed by atoms with van der Waals surface area (Å²) in [6.45, 7) is 7.18. The molecule has 0 unspecified atom stereocenters. The second-order valence-corrected chi connectivity index (χ2v) is 8.82. The van der Waals surface area contributed by atoms with E-state index in [9.17, 15) is 9.59 Å². The minimum Gasteiger partial charge on any atom is -0.339 e. The fourth-order valence-electron chi connectivity index (χ4n) is 4.73. The first-order valence-corrected chi connectivity index (χ1v) is 11.2. The van der Waals surface area contributed by atoms with Crippen molar-refractivity contribution in [3.8, 4) is 5.82 Å². The zero-order valence-corrected chi connectivity index (χ0v) is 18.0. The van der Waals surface area contributed by atoms with Crippen LogP contribution in [0.25, 0.3) is 5.82 Å². The molecular weight excluding hydrogens is 394 g/mol. The average molecular weight is 424 g/mol. The number of hydrogen-bond donors (Lipinski definition) is 0. The fourth-order valence-corrected chi connectivity index (χ4v) is 4.73. The Bertz CT molecular complexity index is 959. The summed E-state index contributed by atoms with van der Waals surface area (Å²) in [5, 5.41) is 12.6. The largest absolute Gasteiger partial charge is 0.339 e. The molecule has 4 heterocycles. The molecule has 2 fully saturated rings. The molecule has 164 valence electrons. The number of nitrogens with zero attached hydrogens (tertiary/aromatic N) is 7. The minimum absolute atomic E-state index is 0.105. The molecule has 0 atom stereocenters. The van der Waals surface area contributed by atoms with Gasteiger partial charge in [0.2, 0.25) is 5.91 Å². The Morgan fingerprint density at radius 1 is 1.06 bits per heavy atom. The maximum absolute atomic E-state index is 12.9. The molecule has 1 saturated heterocycles. The van der Waals surface area contributed by atoms with Gasteiger partial charge >= 0.3 is 0 Å². The van der Waals surface area contributed by atoms with Gasteiger partial charge in [-0.1, -0.05) is 6.42 Å². The van der Waals surface area contributed by atoms with E-state index in [1.807, 2.05) is 11.1 Å². The second kappa shape index (κ2) is 8.47. The summed E-state index contributed by atoms with van der Waals surface area (Å²) in [5.41, 5.74) is 2.57. The summed E-state index contributed by atoms with van der Waals surface area (Å²) < 4.78 is 1.80. The first-order chi connectivity index (χ1) is 15.1. The van der Waals surface area contributed by atoms with Crippen molar-refractivity contribution in [3.05, 3.63) is 35.3 Å². The quantitative estimate of drug-likeness (QED) is 0.661. The van der Waals surface area contributed by atoms with E-state index in [-0.39, 0.29) is 11.7 Å².